The van der Waals surface area contributed by atoms with Gasteiger partial charge >= 0.3 is 0 Å². The van der Waals surface area contributed by atoms with Crippen molar-refractivity contribution in [2.45, 2.75) is 46.1 Å². The normalized spacial score (nSPS) is 16.6. The monoisotopic (exact) mass is 262 g/mol. The lowest BCUT2D eigenvalue weighted by molar-refractivity contribution is -0.119. The van der Waals surface area contributed by atoms with Gasteiger partial charge in [-0.2, -0.15) is 0 Å². The molecule has 1 aromatic heterocycles. The number of nitrogens with one attached hydrogen (secondary N) is 1. The molecule has 0 spiro atoms. The number of rotatable bonds is 2. The maximum absolute atomic E-state index is 11.3. The van der Waals surface area contributed by atoms with E-state index in [1.807, 2.05) is 13.0 Å². The summed E-state index contributed by atoms with van der Waals surface area (Å²) in [6.45, 7) is 9.71. The zero-order valence-electron chi connectivity index (χ0n) is 12.2. The van der Waals surface area contributed by atoms with Crippen LogP contribution in [0, 0.1) is 6.92 Å². The Balaban J connectivity index is 2.19. The Morgan fingerprint density at radius 2 is 1.84 bits per heavy atom. The van der Waals surface area contributed by atoms with Gasteiger partial charge in [0.05, 0.1) is 0 Å². The molecule has 1 aliphatic heterocycles. The van der Waals surface area contributed by atoms with Crippen molar-refractivity contribution in [1.82, 2.24) is 9.97 Å². The van der Waals surface area contributed by atoms with Crippen molar-refractivity contribution in [3.05, 3.63) is 11.9 Å². The third kappa shape index (κ3) is 3.91. The Morgan fingerprint density at radius 1 is 1.21 bits per heavy atom. The van der Waals surface area contributed by atoms with Crippen molar-refractivity contribution in [1.29, 1.82) is 0 Å². The molecule has 0 atom stereocenters. The number of piperidine rings is 1. The average Bonchev–Trinajstić information content (AvgIpc) is 2.26. The largest absolute Gasteiger partial charge is 0.365 e. The molecule has 1 aliphatic rings. The van der Waals surface area contributed by atoms with E-state index in [2.05, 4.69) is 41.0 Å². The maximum atomic E-state index is 11.3. The molecule has 1 N–H and O–H groups in total. The van der Waals surface area contributed by atoms with Crippen LogP contribution in [0.25, 0.3) is 0 Å². The van der Waals surface area contributed by atoms with Crippen LogP contribution in [0.3, 0.4) is 0 Å². The molecule has 0 saturated carbocycles. The number of carbonyl (C=O) groups excluding carboxylic acids is 1. The van der Waals surface area contributed by atoms with Crippen LogP contribution >= 0.6 is 0 Å². The Kier molecular flexibility index (Phi) is 3.73. The Morgan fingerprint density at radius 3 is 2.42 bits per heavy atom. The van der Waals surface area contributed by atoms with Gasteiger partial charge in [-0.15, -0.1) is 0 Å². The molecule has 0 bridgehead atoms. The molecule has 2 rings (SSSR count). The molecular formula is C14H22N4O. The molecule has 0 unspecified atom stereocenters. The standard InChI is InChI=1S/C14H22N4O/c1-10-15-12(17-14(2,3)4)9-13(16-10)18-7-5-11(19)6-8-18/h9H,5-8H2,1-4H3,(H,15,16,17). The van der Waals surface area contributed by atoms with E-state index in [0.717, 1.165) is 30.5 Å². The second-order valence-electron chi connectivity index (χ2n) is 6.06. The van der Waals surface area contributed by atoms with Crippen LogP contribution < -0.4 is 10.2 Å². The molecule has 0 aliphatic carbocycles. The molecule has 2 heterocycles. The van der Waals surface area contributed by atoms with Crippen molar-refractivity contribution in [2.75, 3.05) is 23.3 Å². The topological polar surface area (TPSA) is 58.1 Å². The van der Waals surface area contributed by atoms with E-state index in [4.69, 9.17) is 0 Å². The Hall–Kier alpha value is -1.65. The average molecular weight is 262 g/mol. The highest BCUT2D eigenvalue weighted by Crippen LogP contribution is 2.21. The van der Waals surface area contributed by atoms with E-state index in [0.29, 0.717) is 18.6 Å². The fourth-order valence-corrected chi connectivity index (χ4v) is 2.15. The van der Waals surface area contributed by atoms with Crippen molar-refractivity contribution in [2.24, 2.45) is 0 Å². The minimum absolute atomic E-state index is 0.0318. The second-order valence-corrected chi connectivity index (χ2v) is 6.06. The molecule has 0 aromatic carbocycles. The molecule has 1 fully saturated rings. The van der Waals surface area contributed by atoms with Gasteiger partial charge in [0.15, 0.2) is 0 Å². The third-order valence-electron chi connectivity index (χ3n) is 2.97. The SMILES string of the molecule is Cc1nc(NC(C)(C)C)cc(N2CCC(=O)CC2)n1. The van der Waals surface area contributed by atoms with Crippen molar-refractivity contribution >= 4 is 17.4 Å². The molecule has 1 aromatic rings. The molecule has 19 heavy (non-hydrogen) atoms. The van der Waals surface area contributed by atoms with Gasteiger partial charge in [0.2, 0.25) is 0 Å². The van der Waals surface area contributed by atoms with Gasteiger partial charge in [-0.1, -0.05) is 0 Å². The van der Waals surface area contributed by atoms with Crippen LogP contribution in [-0.4, -0.2) is 34.4 Å². The summed E-state index contributed by atoms with van der Waals surface area (Å²) < 4.78 is 0. The molecular weight excluding hydrogens is 240 g/mol. The minimum Gasteiger partial charge on any atom is -0.365 e. The summed E-state index contributed by atoms with van der Waals surface area (Å²) in [6, 6.07) is 1.97. The van der Waals surface area contributed by atoms with E-state index in [1.54, 1.807) is 0 Å². The van der Waals surface area contributed by atoms with Crippen molar-refractivity contribution in [3.8, 4) is 0 Å². The minimum atomic E-state index is -0.0318. The number of ketones is 1. The summed E-state index contributed by atoms with van der Waals surface area (Å²) in [5.74, 6) is 2.84. The smallest absolute Gasteiger partial charge is 0.136 e. The van der Waals surface area contributed by atoms with Crippen LogP contribution in [0.1, 0.15) is 39.4 Å². The van der Waals surface area contributed by atoms with Gasteiger partial charge < -0.3 is 10.2 Å². The van der Waals surface area contributed by atoms with E-state index in [1.165, 1.54) is 0 Å². The number of nitrogens with zero attached hydrogens (tertiary/aromatic N) is 3. The summed E-state index contributed by atoms with van der Waals surface area (Å²) >= 11 is 0. The molecule has 0 radical (unpaired) electrons. The van der Waals surface area contributed by atoms with E-state index in [-0.39, 0.29) is 5.54 Å². The second kappa shape index (κ2) is 5.15. The van der Waals surface area contributed by atoms with Crippen molar-refractivity contribution < 1.29 is 4.79 Å². The lowest BCUT2D eigenvalue weighted by Crippen LogP contribution is -2.34. The number of hydrogen-bond donors (Lipinski definition) is 1. The summed E-state index contributed by atoms with van der Waals surface area (Å²) in [5.41, 5.74) is -0.0318. The summed E-state index contributed by atoms with van der Waals surface area (Å²) in [6.07, 6.45) is 1.23. The number of hydrogen-bond acceptors (Lipinski definition) is 5. The Labute approximate surface area is 114 Å². The first kappa shape index (κ1) is 13.8. The Bertz CT molecular complexity index is 469. The molecule has 5 heteroatoms. The van der Waals surface area contributed by atoms with Crippen molar-refractivity contribution in [3.63, 3.8) is 0 Å². The summed E-state index contributed by atoms with van der Waals surface area (Å²) in [7, 11) is 0. The number of Topliss-reactive ketones (excluding diaryl/α,β-unsaturated/α-hetero) is 1. The first-order valence-electron chi connectivity index (χ1n) is 6.74. The highest BCUT2D eigenvalue weighted by Gasteiger charge is 2.19. The lowest BCUT2D eigenvalue weighted by Gasteiger charge is -2.28. The molecule has 0 amide bonds. The first-order chi connectivity index (χ1) is 8.83. The zero-order valence-corrected chi connectivity index (χ0v) is 12.2. The predicted molar refractivity (Wildman–Crippen MR) is 76.6 cm³/mol. The molecule has 104 valence electrons. The van der Waals surface area contributed by atoms with Gasteiger partial charge in [-0.25, -0.2) is 9.97 Å². The predicted octanol–water partition coefficient (Wildman–Crippen LogP) is 2.16. The highest BCUT2D eigenvalue weighted by atomic mass is 16.1. The van der Waals surface area contributed by atoms with Gasteiger partial charge in [0.25, 0.3) is 0 Å². The summed E-state index contributed by atoms with van der Waals surface area (Å²) in [5, 5.41) is 3.37. The van der Waals surface area contributed by atoms with Crippen LogP contribution in [-0.2, 0) is 4.79 Å². The van der Waals surface area contributed by atoms with Crippen LogP contribution in [0.15, 0.2) is 6.07 Å². The lowest BCUT2D eigenvalue weighted by atomic mass is 10.1. The van der Waals surface area contributed by atoms with Gasteiger partial charge in [0, 0.05) is 37.5 Å². The number of aromatic nitrogens is 2. The fraction of sp³-hybridized carbons (Fsp3) is 0.643. The first-order valence-corrected chi connectivity index (χ1v) is 6.74. The maximum Gasteiger partial charge on any atom is 0.136 e. The number of carbonyl (C=O) groups is 1. The fourth-order valence-electron chi connectivity index (χ4n) is 2.15. The zero-order chi connectivity index (χ0) is 14.0. The van der Waals surface area contributed by atoms with Crippen LogP contribution in [0.2, 0.25) is 0 Å². The van der Waals surface area contributed by atoms with E-state index in [9.17, 15) is 4.79 Å². The number of aryl methyl sites for hydroxylation is 1. The summed E-state index contributed by atoms with van der Waals surface area (Å²) in [4.78, 5) is 22.3. The van der Waals surface area contributed by atoms with Gasteiger partial charge in [-0.05, 0) is 27.7 Å². The quantitative estimate of drug-likeness (QED) is 0.885. The molecule has 5 nitrogen and oxygen atoms in total. The third-order valence-corrected chi connectivity index (χ3v) is 2.97. The molecule has 1 saturated heterocycles. The van der Waals surface area contributed by atoms with Crippen LogP contribution in [0.4, 0.5) is 11.6 Å². The number of anilines is 2. The van der Waals surface area contributed by atoms with E-state index >= 15 is 0 Å². The van der Waals surface area contributed by atoms with Crippen LogP contribution in [0.5, 0.6) is 0 Å². The van der Waals surface area contributed by atoms with E-state index < -0.39 is 0 Å². The van der Waals surface area contributed by atoms with Gasteiger partial charge in [0.1, 0.15) is 23.2 Å². The van der Waals surface area contributed by atoms with Gasteiger partial charge in [-0.3, -0.25) is 4.79 Å². The highest BCUT2D eigenvalue weighted by molar-refractivity contribution is 5.80.